The quantitative estimate of drug-likeness (QED) is 0.648. The molecule has 2 saturated carbocycles. The Bertz CT molecular complexity index is 964. The Labute approximate surface area is 184 Å². The van der Waals surface area contributed by atoms with Crippen LogP contribution in [0.25, 0.3) is 0 Å². The highest BCUT2D eigenvalue weighted by Gasteiger charge is 2.59. The van der Waals surface area contributed by atoms with E-state index in [0.717, 1.165) is 44.2 Å². The number of hydrogen-bond donors (Lipinski definition) is 2. The smallest absolute Gasteiger partial charge is 0.331 e. The summed E-state index contributed by atoms with van der Waals surface area (Å²) in [6.45, 7) is 4.73. The molecule has 1 aromatic rings. The summed E-state index contributed by atoms with van der Waals surface area (Å²) < 4.78 is 0. The summed E-state index contributed by atoms with van der Waals surface area (Å²) in [6.07, 6.45) is 11.2. The molecule has 0 aromatic heterocycles. The second-order valence-electron chi connectivity index (χ2n) is 10.7. The molecule has 0 aliphatic heterocycles. The Morgan fingerprint density at radius 2 is 1.81 bits per heavy atom. The van der Waals surface area contributed by atoms with Crippen LogP contribution in [0, 0.1) is 34.5 Å². The van der Waals surface area contributed by atoms with Crippen LogP contribution in [0.3, 0.4) is 0 Å². The van der Waals surface area contributed by atoms with Crippen LogP contribution < -0.4 is 5.32 Å². The van der Waals surface area contributed by atoms with Crippen LogP contribution in [0.15, 0.2) is 53.6 Å². The first-order valence-corrected chi connectivity index (χ1v) is 11.8. The lowest BCUT2D eigenvalue weighted by Gasteiger charge is -2.56. The van der Waals surface area contributed by atoms with Gasteiger partial charge in [0, 0.05) is 17.2 Å². The highest BCUT2D eigenvalue weighted by molar-refractivity contribution is 5.93. The topological polar surface area (TPSA) is 66.4 Å². The van der Waals surface area contributed by atoms with E-state index in [0.29, 0.717) is 29.7 Å². The Morgan fingerprint density at radius 1 is 1.03 bits per heavy atom. The molecule has 1 aromatic carbocycles. The fraction of sp³-hybridized carbons (Fsp3) is 0.556. The van der Waals surface area contributed by atoms with E-state index in [1.54, 1.807) is 0 Å². The van der Waals surface area contributed by atoms with Crippen LogP contribution in [-0.4, -0.2) is 17.0 Å². The van der Waals surface area contributed by atoms with Gasteiger partial charge >= 0.3 is 5.97 Å². The lowest BCUT2D eigenvalue weighted by Crippen LogP contribution is -2.50. The van der Waals surface area contributed by atoms with Crippen LogP contribution in [-0.2, 0) is 9.59 Å². The normalized spacial score (nSPS) is 38.8. The van der Waals surface area contributed by atoms with Crippen molar-refractivity contribution in [2.45, 2.75) is 58.8 Å². The number of nitrogens with one attached hydrogen (secondary N) is 1. The zero-order chi connectivity index (χ0) is 21.8. The predicted octanol–water partition coefficient (Wildman–Crippen LogP) is 5.83. The minimum absolute atomic E-state index is 0.0540. The first kappa shape index (κ1) is 20.5. The lowest BCUT2D eigenvalue weighted by atomic mass is 9.48. The van der Waals surface area contributed by atoms with Gasteiger partial charge in [0.2, 0.25) is 5.91 Å². The molecular weight excluding hydrogens is 386 g/mol. The third kappa shape index (κ3) is 3.18. The lowest BCUT2D eigenvalue weighted by molar-refractivity contribution is -0.133. The molecule has 3 unspecified atom stereocenters. The van der Waals surface area contributed by atoms with E-state index in [4.69, 9.17) is 0 Å². The Kier molecular flexibility index (Phi) is 4.87. The van der Waals surface area contributed by atoms with Crippen LogP contribution in [0.2, 0.25) is 0 Å². The van der Waals surface area contributed by atoms with Crippen molar-refractivity contribution in [2.75, 3.05) is 5.32 Å². The van der Waals surface area contributed by atoms with Crippen molar-refractivity contribution < 1.29 is 14.7 Å². The molecular formula is C27H33NO3. The van der Waals surface area contributed by atoms with Crippen LogP contribution in [0.4, 0.5) is 5.69 Å². The predicted molar refractivity (Wildman–Crippen MR) is 121 cm³/mol. The zero-order valence-corrected chi connectivity index (χ0v) is 18.6. The number of aliphatic carboxylic acids is 1. The number of benzene rings is 1. The number of hydrogen-bond acceptors (Lipinski definition) is 2. The summed E-state index contributed by atoms with van der Waals surface area (Å²) in [5.74, 6) is 1.23. The summed E-state index contributed by atoms with van der Waals surface area (Å²) >= 11 is 0. The van der Waals surface area contributed by atoms with E-state index in [1.807, 2.05) is 36.4 Å². The molecule has 0 radical (unpaired) electrons. The van der Waals surface area contributed by atoms with Gasteiger partial charge in [0.1, 0.15) is 0 Å². The summed E-state index contributed by atoms with van der Waals surface area (Å²) in [5.41, 5.74) is 2.82. The highest BCUT2D eigenvalue weighted by atomic mass is 16.4. The van der Waals surface area contributed by atoms with Crippen molar-refractivity contribution in [3.8, 4) is 0 Å². The van der Waals surface area contributed by atoms with Gasteiger partial charge in [0.25, 0.3) is 0 Å². The van der Waals surface area contributed by atoms with Crippen molar-refractivity contribution in [2.24, 2.45) is 34.5 Å². The molecule has 4 aliphatic carbocycles. The molecule has 1 amide bonds. The third-order valence-corrected chi connectivity index (χ3v) is 9.40. The van der Waals surface area contributed by atoms with Crippen molar-refractivity contribution in [3.05, 3.63) is 53.6 Å². The van der Waals surface area contributed by atoms with Crippen molar-refractivity contribution >= 4 is 17.6 Å². The Morgan fingerprint density at radius 3 is 2.55 bits per heavy atom. The fourth-order valence-corrected chi connectivity index (χ4v) is 7.68. The SMILES string of the molecule is C[C@]12CCC(C(=O)O)=CC1=CCC1C2CC[C@@]2(C)C1CC[C@@H]2C(=O)Nc1ccccc1. The molecule has 4 heteroatoms. The summed E-state index contributed by atoms with van der Waals surface area (Å²) in [7, 11) is 0. The van der Waals surface area contributed by atoms with Gasteiger partial charge in [-0.2, -0.15) is 0 Å². The van der Waals surface area contributed by atoms with Crippen molar-refractivity contribution in [1.82, 2.24) is 0 Å². The van der Waals surface area contributed by atoms with Crippen LogP contribution >= 0.6 is 0 Å². The number of anilines is 1. The first-order valence-electron chi connectivity index (χ1n) is 11.8. The van der Waals surface area contributed by atoms with Gasteiger partial charge < -0.3 is 10.4 Å². The average molecular weight is 420 g/mol. The number of carboxylic acids is 1. The van der Waals surface area contributed by atoms with Gasteiger partial charge in [0.05, 0.1) is 0 Å². The number of amides is 1. The van der Waals surface area contributed by atoms with Gasteiger partial charge in [-0.3, -0.25) is 4.79 Å². The number of carbonyl (C=O) groups is 2. The van der Waals surface area contributed by atoms with Gasteiger partial charge in [-0.05, 0) is 97.3 Å². The number of carbonyl (C=O) groups excluding carboxylic acids is 1. The number of para-hydroxylation sites is 1. The van der Waals surface area contributed by atoms with E-state index >= 15 is 0 Å². The van der Waals surface area contributed by atoms with Gasteiger partial charge in [-0.1, -0.05) is 38.1 Å². The average Bonchev–Trinajstić information content (AvgIpc) is 3.11. The fourth-order valence-electron chi connectivity index (χ4n) is 7.68. The Balaban J connectivity index is 1.39. The molecule has 0 saturated heterocycles. The molecule has 0 bridgehead atoms. The van der Waals surface area contributed by atoms with Gasteiger partial charge in [-0.25, -0.2) is 4.79 Å². The molecule has 5 rings (SSSR count). The molecule has 164 valence electrons. The second-order valence-corrected chi connectivity index (χ2v) is 10.7. The maximum absolute atomic E-state index is 13.2. The molecule has 4 nitrogen and oxygen atoms in total. The number of rotatable bonds is 3. The van der Waals surface area contributed by atoms with Crippen molar-refractivity contribution in [1.29, 1.82) is 0 Å². The minimum atomic E-state index is -0.774. The summed E-state index contributed by atoms with van der Waals surface area (Å²) in [5, 5.41) is 12.6. The van der Waals surface area contributed by atoms with Crippen LogP contribution in [0.1, 0.15) is 58.8 Å². The second kappa shape index (κ2) is 7.36. The van der Waals surface area contributed by atoms with E-state index in [9.17, 15) is 14.7 Å². The molecule has 2 N–H and O–H groups in total. The van der Waals surface area contributed by atoms with E-state index in [2.05, 4.69) is 25.2 Å². The molecule has 4 aliphatic rings. The monoisotopic (exact) mass is 419 g/mol. The third-order valence-electron chi connectivity index (χ3n) is 9.40. The van der Waals surface area contributed by atoms with Crippen molar-refractivity contribution in [3.63, 3.8) is 0 Å². The van der Waals surface area contributed by atoms with E-state index in [-0.39, 0.29) is 22.7 Å². The maximum atomic E-state index is 13.2. The standard InChI is InChI=1S/C27H33NO3/c1-26-14-12-17(25(30)31)16-18(26)8-9-20-21-10-11-23(27(21,2)15-13-22(20)26)24(29)28-19-6-4-3-5-7-19/h3-8,16,20-23H,9-15H2,1-2H3,(H,28,29)(H,30,31)/t20?,21?,22?,23-,26+,27+/m1/s1. The highest BCUT2D eigenvalue weighted by Crippen LogP contribution is 2.66. The minimum Gasteiger partial charge on any atom is -0.478 e. The summed E-state index contributed by atoms with van der Waals surface area (Å²) in [4.78, 5) is 24.7. The van der Waals surface area contributed by atoms with Gasteiger partial charge in [0.15, 0.2) is 0 Å². The number of fused-ring (bicyclic) bond motifs is 5. The molecule has 6 atom stereocenters. The zero-order valence-electron chi connectivity index (χ0n) is 18.6. The molecule has 2 fully saturated rings. The Hall–Kier alpha value is -2.36. The van der Waals surface area contributed by atoms with E-state index in [1.165, 1.54) is 5.57 Å². The molecule has 31 heavy (non-hydrogen) atoms. The van der Waals surface area contributed by atoms with E-state index < -0.39 is 5.97 Å². The largest absolute Gasteiger partial charge is 0.478 e. The summed E-state index contributed by atoms with van der Waals surface area (Å²) in [6, 6.07) is 9.80. The number of allylic oxidation sites excluding steroid dienone is 3. The maximum Gasteiger partial charge on any atom is 0.331 e. The molecule has 0 heterocycles. The van der Waals surface area contributed by atoms with Crippen LogP contribution in [0.5, 0.6) is 0 Å². The van der Waals surface area contributed by atoms with Gasteiger partial charge in [-0.15, -0.1) is 0 Å². The number of carboxylic acid groups (broad SMARTS) is 1. The first-order chi connectivity index (χ1) is 14.8. The molecule has 0 spiro atoms.